The Hall–Kier alpha value is -1.07. The van der Waals surface area contributed by atoms with Gasteiger partial charge in [-0.05, 0) is 27.6 Å². The highest BCUT2D eigenvalue weighted by Crippen LogP contribution is 2.26. The van der Waals surface area contributed by atoms with E-state index < -0.39 is 0 Å². The summed E-state index contributed by atoms with van der Waals surface area (Å²) in [5.74, 6) is 0.410. The van der Waals surface area contributed by atoms with Crippen molar-refractivity contribution in [2.24, 2.45) is 0 Å². The van der Waals surface area contributed by atoms with Crippen molar-refractivity contribution < 1.29 is 0 Å². The number of benzene rings is 1. The molecular weight excluding hydrogens is 279 g/mol. The molecule has 0 amide bonds. The number of rotatable bonds is 2. The lowest BCUT2D eigenvalue weighted by atomic mass is 10.2. The Morgan fingerprint density at radius 1 is 1.47 bits per heavy atom. The molecule has 2 aromatic rings. The van der Waals surface area contributed by atoms with Crippen LogP contribution in [-0.4, -0.2) is 15.0 Å². The second-order valence-corrected chi connectivity index (χ2v) is 4.25. The molecule has 15 heavy (non-hydrogen) atoms. The molecular formula is C9H8BrClN4. The molecule has 4 nitrogen and oxygen atoms in total. The van der Waals surface area contributed by atoms with Gasteiger partial charge in [-0.1, -0.05) is 28.9 Å². The average Bonchev–Trinajstić information content (AvgIpc) is 2.59. The van der Waals surface area contributed by atoms with Crippen molar-refractivity contribution in [1.29, 1.82) is 0 Å². The number of nitrogens with zero attached hydrogens (tertiary/aromatic N) is 3. The van der Waals surface area contributed by atoms with Crippen molar-refractivity contribution in [3.05, 3.63) is 39.5 Å². The molecule has 0 spiro atoms. The molecule has 6 heteroatoms. The van der Waals surface area contributed by atoms with Crippen LogP contribution in [0.15, 0.2) is 28.9 Å². The molecule has 0 fully saturated rings. The van der Waals surface area contributed by atoms with Gasteiger partial charge in [0.25, 0.3) is 0 Å². The lowest BCUT2D eigenvalue weighted by Crippen LogP contribution is -2.01. The summed E-state index contributed by atoms with van der Waals surface area (Å²) in [6.45, 7) is 0.589. The molecule has 1 aromatic heterocycles. The number of hydrogen-bond acceptors (Lipinski definition) is 3. The highest BCUT2D eigenvalue weighted by atomic mass is 79.9. The minimum Gasteiger partial charge on any atom is -0.381 e. The maximum absolute atomic E-state index is 5.97. The van der Waals surface area contributed by atoms with Gasteiger partial charge in [0.2, 0.25) is 0 Å². The Morgan fingerprint density at radius 2 is 2.27 bits per heavy atom. The quantitative estimate of drug-likeness (QED) is 0.922. The Labute approximate surface area is 100 Å². The summed E-state index contributed by atoms with van der Waals surface area (Å²) in [5.41, 5.74) is 6.50. The Kier molecular flexibility index (Phi) is 2.93. The lowest BCUT2D eigenvalue weighted by Gasteiger charge is -2.04. The van der Waals surface area contributed by atoms with Gasteiger partial charge < -0.3 is 5.73 Å². The van der Waals surface area contributed by atoms with Gasteiger partial charge in [-0.2, -0.15) is 0 Å². The van der Waals surface area contributed by atoms with E-state index in [0.29, 0.717) is 17.4 Å². The average molecular weight is 288 g/mol. The SMILES string of the molecule is Nc1cn(Cc2cccc(Cl)c2Br)nn1. The number of aromatic nitrogens is 3. The summed E-state index contributed by atoms with van der Waals surface area (Å²) in [6, 6.07) is 5.68. The van der Waals surface area contributed by atoms with Crippen molar-refractivity contribution in [1.82, 2.24) is 15.0 Å². The lowest BCUT2D eigenvalue weighted by molar-refractivity contribution is 0.648. The van der Waals surface area contributed by atoms with Crippen LogP contribution in [0.2, 0.25) is 5.02 Å². The van der Waals surface area contributed by atoms with Crippen molar-refractivity contribution in [3.8, 4) is 0 Å². The summed E-state index contributed by atoms with van der Waals surface area (Å²) < 4.78 is 2.53. The van der Waals surface area contributed by atoms with Crippen LogP contribution < -0.4 is 5.73 Å². The van der Waals surface area contributed by atoms with Gasteiger partial charge in [-0.25, -0.2) is 4.68 Å². The van der Waals surface area contributed by atoms with Gasteiger partial charge in [-0.3, -0.25) is 0 Å². The Morgan fingerprint density at radius 3 is 2.93 bits per heavy atom. The number of halogens is 2. The van der Waals surface area contributed by atoms with Crippen LogP contribution in [0.1, 0.15) is 5.56 Å². The molecule has 0 aliphatic rings. The molecule has 1 aromatic carbocycles. The second-order valence-electron chi connectivity index (χ2n) is 3.05. The van der Waals surface area contributed by atoms with Crippen LogP contribution in [-0.2, 0) is 6.54 Å². The third-order valence-corrected chi connectivity index (χ3v) is 3.40. The second kappa shape index (κ2) is 4.20. The van der Waals surface area contributed by atoms with E-state index in [9.17, 15) is 0 Å². The van der Waals surface area contributed by atoms with E-state index in [1.165, 1.54) is 0 Å². The minimum atomic E-state index is 0.410. The molecule has 2 rings (SSSR count). The highest BCUT2D eigenvalue weighted by molar-refractivity contribution is 9.10. The summed E-state index contributed by atoms with van der Waals surface area (Å²) in [7, 11) is 0. The zero-order chi connectivity index (χ0) is 10.8. The summed E-state index contributed by atoms with van der Waals surface area (Å²) in [5, 5.41) is 8.25. The maximum atomic E-state index is 5.97. The molecule has 0 bridgehead atoms. The molecule has 1 heterocycles. The molecule has 0 unspecified atom stereocenters. The first-order valence-electron chi connectivity index (χ1n) is 4.25. The van der Waals surface area contributed by atoms with Gasteiger partial charge in [-0.15, -0.1) is 5.10 Å². The fourth-order valence-electron chi connectivity index (χ4n) is 1.24. The van der Waals surface area contributed by atoms with Crippen molar-refractivity contribution in [2.45, 2.75) is 6.54 Å². The van der Waals surface area contributed by atoms with Crippen LogP contribution in [0.3, 0.4) is 0 Å². The number of anilines is 1. The van der Waals surface area contributed by atoms with E-state index in [0.717, 1.165) is 10.0 Å². The van der Waals surface area contributed by atoms with Crippen LogP contribution >= 0.6 is 27.5 Å². The minimum absolute atomic E-state index is 0.410. The van der Waals surface area contributed by atoms with Crippen LogP contribution in [0.25, 0.3) is 0 Å². The first kappa shape index (κ1) is 10.4. The van der Waals surface area contributed by atoms with Crippen LogP contribution in [0.5, 0.6) is 0 Å². The predicted octanol–water partition coefficient (Wildman–Crippen LogP) is 2.32. The monoisotopic (exact) mass is 286 g/mol. The largest absolute Gasteiger partial charge is 0.381 e. The zero-order valence-electron chi connectivity index (χ0n) is 7.69. The van der Waals surface area contributed by atoms with Gasteiger partial charge in [0.1, 0.15) is 0 Å². The standard InChI is InChI=1S/C9H8BrClN4/c10-9-6(2-1-3-7(9)11)4-15-5-8(12)13-14-15/h1-3,5H,4,12H2. The summed E-state index contributed by atoms with van der Waals surface area (Å²) in [4.78, 5) is 0. The number of hydrogen-bond donors (Lipinski definition) is 1. The first-order valence-corrected chi connectivity index (χ1v) is 5.42. The molecule has 0 aliphatic carbocycles. The van der Waals surface area contributed by atoms with E-state index in [-0.39, 0.29) is 0 Å². The van der Waals surface area contributed by atoms with Gasteiger partial charge in [0.15, 0.2) is 5.82 Å². The van der Waals surface area contributed by atoms with E-state index in [1.807, 2.05) is 18.2 Å². The molecule has 0 atom stereocenters. The van der Waals surface area contributed by atoms with Crippen LogP contribution in [0, 0.1) is 0 Å². The third kappa shape index (κ3) is 2.30. The molecule has 78 valence electrons. The summed E-state index contributed by atoms with van der Waals surface area (Å²) in [6.07, 6.45) is 1.67. The van der Waals surface area contributed by atoms with Gasteiger partial charge in [0.05, 0.1) is 17.8 Å². The smallest absolute Gasteiger partial charge is 0.165 e. The van der Waals surface area contributed by atoms with E-state index in [1.54, 1.807) is 10.9 Å². The van der Waals surface area contributed by atoms with E-state index >= 15 is 0 Å². The first-order chi connectivity index (χ1) is 7.16. The normalized spacial score (nSPS) is 10.5. The summed E-state index contributed by atoms with van der Waals surface area (Å²) >= 11 is 9.39. The molecule has 2 N–H and O–H groups in total. The third-order valence-electron chi connectivity index (χ3n) is 1.92. The zero-order valence-corrected chi connectivity index (χ0v) is 10.0. The molecule has 0 saturated carbocycles. The van der Waals surface area contributed by atoms with Crippen molar-refractivity contribution in [3.63, 3.8) is 0 Å². The van der Waals surface area contributed by atoms with E-state index in [2.05, 4.69) is 26.2 Å². The topological polar surface area (TPSA) is 56.7 Å². The Bertz CT molecular complexity index is 483. The van der Waals surface area contributed by atoms with Crippen molar-refractivity contribution >= 4 is 33.3 Å². The van der Waals surface area contributed by atoms with Gasteiger partial charge >= 0.3 is 0 Å². The fraction of sp³-hybridized carbons (Fsp3) is 0.111. The fourth-order valence-corrected chi connectivity index (χ4v) is 1.82. The van der Waals surface area contributed by atoms with E-state index in [4.69, 9.17) is 17.3 Å². The predicted molar refractivity (Wildman–Crippen MR) is 62.7 cm³/mol. The number of nitrogens with two attached hydrogens (primary N) is 1. The van der Waals surface area contributed by atoms with Crippen LogP contribution in [0.4, 0.5) is 5.82 Å². The Balaban J connectivity index is 2.28. The molecule has 0 saturated heterocycles. The maximum Gasteiger partial charge on any atom is 0.165 e. The van der Waals surface area contributed by atoms with Gasteiger partial charge in [0, 0.05) is 4.47 Å². The highest BCUT2D eigenvalue weighted by Gasteiger charge is 2.05. The number of nitrogen functional groups attached to an aromatic ring is 1. The molecule has 0 aliphatic heterocycles. The molecule has 0 radical (unpaired) electrons. The van der Waals surface area contributed by atoms with Crippen molar-refractivity contribution in [2.75, 3.05) is 5.73 Å².